The Morgan fingerprint density at radius 2 is 1.89 bits per heavy atom. The molecule has 144 valence electrons. The molecule has 1 heterocycles. The fourth-order valence-corrected chi connectivity index (χ4v) is 3.29. The first-order valence-corrected chi connectivity index (χ1v) is 9.21. The van der Waals surface area contributed by atoms with E-state index in [1.165, 1.54) is 36.3 Å². The van der Waals surface area contributed by atoms with Crippen LogP contribution in [-0.4, -0.2) is 33.5 Å². The summed E-state index contributed by atoms with van der Waals surface area (Å²) in [4.78, 5) is 26.2. The minimum absolute atomic E-state index is 0.307. The third kappa shape index (κ3) is 3.82. The highest BCUT2D eigenvalue weighted by atomic mass is 79.9. The average molecular weight is 445 g/mol. The Bertz CT molecular complexity index is 1030. The molecule has 2 aromatic carbocycles. The van der Waals surface area contributed by atoms with E-state index in [-0.39, 0.29) is 0 Å². The Kier molecular flexibility index (Phi) is 5.60. The monoisotopic (exact) mass is 444 g/mol. The number of halogens is 2. The van der Waals surface area contributed by atoms with Crippen LogP contribution in [-0.2, 0) is 4.79 Å². The predicted molar refractivity (Wildman–Crippen MR) is 106 cm³/mol. The number of hydrogen-bond donors (Lipinski definition) is 1. The van der Waals surface area contributed by atoms with E-state index in [1.54, 1.807) is 17.7 Å². The van der Waals surface area contributed by atoms with Gasteiger partial charge < -0.3 is 10.6 Å². The van der Waals surface area contributed by atoms with Gasteiger partial charge in [-0.15, -0.1) is 0 Å². The van der Waals surface area contributed by atoms with Crippen LogP contribution in [0.3, 0.4) is 0 Å². The number of hydrogen-bond acceptors (Lipinski definition) is 3. The molecule has 6 nitrogen and oxygen atoms in total. The molecule has 0 bridgehead atoms. The minimum Gasteiger partial charge on any atom is -0.368 e. The van der Waals surface area contributed by atoms with Crippen molar-refractivity contribution in [2.75, 3.05) is 7.05 Å². The number of likely N-dealkylation sites (N-methyl/N-ethyl adjacent to an activating group) is 1. The van der Waals surface area contributed by atoms with Gasteiger partial charge in [0, 0.05) is 11.5 Å². The van der Waals surface area contributed by atoms with Gasteiger partial charge in [0.15, 0.2) is 0 Å². The van der Waals surface area contributed by atoms with Gasteiger partial charge in [-0.25, -0.2) is 9.07 Å². The van der Waals surface area contributed by atoms with E-state index in [2.05, 4.69) is 21.0 Å². The summed E-state index contributed by atoms with van der Waals surface area (Å²) in [5.74, 6) is -1.70. The zero-order valence-corrected chi connectivity index (χ0v) is 16.9. The van der Waals surface area contributed by atoms with Crippen molar-refractivity contribution in [3.63, 3.8) is 0 Å². The molecule has 3 rings (SSSR count). The van der Waals surface area contributed by atoms with Crippen molar-refractivity contribution < 1.29 is 14.0 Å². The summed E-state index contributed by atoms with van der Waals surface area (Å²) in [7, 11) is 1.46. The molecule has 0 radical (unpaired) electrons. The maximum absolute atomic E-state index is 13.6. The molecule has 0 aliphatic heterocycles. The smallest absolute Gasteiger partial charge is 0.258 e. The molecule has 1 aromatic heterocycles. The average Bonchev–Trinajstić information content (AvgIpc) is 3.03. The molecule has 0 aliphatic rings. The molecule has 0 fully saturated rings. The summed E-state index contributed by atoms with van der Waals surface area (Å²) in [6.07, 6.45) is 1.44. The van der Waals surface area contributed by atoms with E-state index in [4.69, 9.17) is 5.73 Å². The van der Waals surface area contributed by atoms with Crippen molar-refractivity contribution in [1.82, 2.24) is 14.7 Å². The summed E-state index contributed by atoms with van der Waals surface area (Å²) in [6.45, 7) is 1.76. The number of carbonyl (C=O) groups is 2. The Labute approximate surface area is 169 Å². The number of carbonyl (C=O) groups excluding carboxylic acids is 2. The van der Waals surface area contributed by atoms with E-state index >= 15 is 0 Å². The van der Waals surface area contributed by atoms with Gasteiger partial charge in [0.1, 0.15) is 11.9 Å². The van der Waals surface area contributed by atoms with Crippen LogP contribution in [0.2, 0.25) is 0 Å². The number of rotatable bonds is 5. The summed E-state index contributed by atoms with van der Waals surface area (Å²) < 4.78 is 16.2. The van der Waals surface area contributed by atoms with Gasteiger partial charge in [-0.1, -0.05) is 28.1 Å². The fourth-order valence-electron chi connectivity index (χ4n) is 3.02. The van der Waals surface area contributed by atoms with Crippen LogP contribution in [0.4, 0.5) is 4.39 Å². The van der Waals surface area contributed by atoms with Crippen molar-refractivity contribution in [3.05, 3.63) is 81.8 Å². The highest BCUT2D eigenvalue weighted by Crippen LogP contribution is 2.24. The van der Waals surface area contributed by atoms with Gasteiger partial charge in [-0.3, -0.25) is 9.59 Å². The van der Waals surface area contributed by atoms with Gasteiger partial charge >= 0.3 is 0 Å². The van der Waals surface area contributed by atoms with E-state index in [0.29, 0.717) is 16.8 Å². The maximum atomic E-state index is 13.6. The number of amides is 2. The summed E-state index contributed by atoms with van der Waals surface area (Å²) in [5.41, 5.74) is 7.54. The van der Waals surface area contributed by atoms with Crippen LogP contribution in [0.25, 0.3) is 5.69 Å². The van der Waals surface area contributed by atoms with Crippen molar-refractivity contribution in [2.24, 2.45) is 5.73 Å². The quantitative estimate of drug-likeness (QED) is 0.654. The number of benzene rings is 2. The maximum Gasteiger partial charge on any atom is 0.258 e. The van der Waals surface area contributed by atoms with Crippen LogP contribution in [0, 0.1) is 12.7 Å². The van der Waals surface area contributed by atoms with Crippen molar-refractivity contribution in [3.8, 4) is 5.69 Å². The molecule has 0 saturated heterocycles. The number of nitrogens with zero attached hydrogens (tertiary/aromatic N) is 3. The Balaban J connectivity index is 1.94. The Morgan fingerprint density at radius 3 is 2.50 bits per heavy atom. The van der Waals surface area contributed by atoms with Gasteiger partial charge in [0.05, 0.1) is 23.1 Å². The van der Waals surface area contributed by atoms with Crippen molar-refractivity contribution >= 4 is 27.7 Å². The summed E-state index contributed by atoms with van der Waals surface area (Å²) in [6, 6.07) is 11.8. The second kappa shape index (κ2) is 7.93. The lowest BCUT2D eigenvalue weighted by Crippen LogP contribution is -2.39. The predicted octanol–water partition coefficient (Wildman–Crippen LogP) is 3.38. The highest BCUT2D eigenvalue weighted by molar-refractivity contribution is 9.10. The van der Waals surface area contributed by atoms with E-state index in [1.807, 2.05) is 24.3 Å². The first-order chi connectivity index (χ1) is 13.3. The lowest BCUT2D eigenvalue weighted by Gasteiger charge is -2.26. The normalized spacial score (nSPS) is 11.9. The lowest BCUT2D eigenvalue weighted by atomic mass is 10.0. The topological polar surface area (TPSA) is 81.2 Å². The highest BCUT2D eigenvalue weighted by Gasteiger charge is 2.29. The second-order valence-electron chi connectivity index (χ2n) is 6.31. The zero-order chi connectivity index (χ0) is 20.4. The van der Waals surface area contributed by atoms with Crippen molar-refractivity contribution in [2.45, 2.75) is 13.0 Å². The number of primary amides is 1. The largest absolute Gasteiger partial charge is 0.368 e. The number of nitrogens with two attached hydrogens (primary N) is 1. The first kappa shape index (κ1) is 19.8. The van der Waals surface area contributed by atoms with E-state index in [9.17, 15) is 14.0 Å². The molecule has 8 heteroatoms. The van der Waals surface area contributed by atoms with Crippen LogP contribution >= 0.6 is 15.9 Å². The van der Waals surface area contributed by atoms with E-state index < -0.39 is 23.7 Å². The molecule has 1 unspecified atom stereocenters. The van der Waals surface area contributed by atoms with Gasteiger partial charge in [-0.2, -0.15) is 5.10 Å². The number of aromatic nitrogens is 2. The van der Waals surface area contributed by atoms with Crippen LogP contribution in [0.5, 0.6) is 0 Å². The SMILES string of the molecule is Cc1c(C(=O)N(C)C(C(N)=O)c2cccc(F)c2)cnn1-c1ccc(Br)cc1. The second-order valence-corrected chi connectivity index (χ2v) is 7.22. The molecule has 2 N–H and O–H groups in total. The summed E-state index contributed by atoms with van der Waals surface area (Å²) >= 11 is 3.38. The fraction of sp³-hybridized carbons (Fsp3) is 0.150. The van der Waals surface area contributed by atoms with Crippen LogP contribution in [0.1, 0.15) is 27.7 Å². The molecule has 0 spiro atoms. The Hall–Kier alpha value is -3.00. The van der Waals surface area contributed by atoms with Gasteiger partial charge in [0.2, 0.25) is 5.91 Å². The van der Waals surface area contributed by atoms with Gasteiger partial charge in [0.25, 0.3) is 5.91 Å². The van der Waals surface area contributed by atoms with Crippen LogP contribution < -0.4 is 5.73 Å². The molecule has 28 heavy (non-hydrogen) atoms. The Morgan fingerprint density at radius 1 is 1.21 bits per heavy atom. The van der Waals surface area contributed by atoms with E-state index in [0.717, 1.165) is 10.2 Å². The molecule has 0 aliphatic carbocycles. The molecular weight excluding hydrogens is 427 g/mol. The van der Waals surface area contributed by atoms with Crippen molar-refractivity contribution in [1.29, 1.82) is 0 Å². The van der Waals surface area contributed by atoms with Crippen LogP contribution in [0.15, 0.2) is 59.2 Å². The third-order valence-electron chi connectivity index (χ3n) is 4.45. The summed E-state index contributed by atoms with van der Waals surface area (Å²) in [5, 5.41) is 4.29. The standard InChI is InChI=1S/C20H18BrFN4O2/c1-12-17(11-24-26(12)16-8-6-14(21)7-9-16)20(28)25(2)18(19(23)27)13-4-3-5-15(22)10-13/h3-11,18H,1-2H3,(H2,23,27). The minimum atomic E-state index is -1.10. The van der Waals surface area contributed by atoms with Gasteiger partial charge in [-0.05, 0) is 48.9 Å². The zero-order valence-electron chi connectivity index (χ0n) is 15.3. The molecule has 0 saturated carbocycles. The molecule has 1 atom stereocenters. The molecule has 3 aromatic rings. The first-order valence-electron chi connectivity index (χ1n) is 8.42. The third-order valence-corrected chi connectivity index (χ3v) is 4.98. The lowest BCUT2D eigenvalue weighted by molar-refractivity contribution is -0.122. The molecule has 2 amide bonds. The molecular formula is C20H18BrFN4O2.